The number of anilines is 1. The predicted octanol–water partition coefficient (Wildman–Crippen LogP) is 3.13. The smallest absolute Gasteiger partial charge is 0.274 e. The first-order chi connectivity index (χ1) is 9.09. The molecular formula is C14H20N2O3. The van der Waals surface area contributed by atoms with Gasteiger partial charge in [0.25, 0.3) is 5.69 Å². The maximum absolute atomic E-state index is 10.9. The van der Waals surface area contributed by atoms with Gasteiger partial charge in [0.15, 0.2) is 0 Å². The molecular weight excluding hydrogens is 244 g/mol. The van der Waals surface area contributed by atoms with Gasteiger partial charge in [0, 0.05) is 36.6 Å². The first kappa shape index (κ1) is 13.8. The molecule has 19 heavy (non-hydrogen) atoms. The number of nitro benzene ring substituents is 1. The Labute approximate surface area is 113 Å². The van der Waals surface area contributed by atoms with E-state index in [-0.39, 0.29) is 10.6 Å². The molecule has 1 unspecified atom stereocenters. The minimum atomic E-state index is -0.334. The Balaban J connectivity index is 2.10. The van der Waals surface area contributed by atoms with E-state index < -0.39 is 0 Å². The summed E-state index contributed by atoms with van der Waals surface area (Å²) in [5.41, 5.74) is 1.73. The fourth-order valence-electron chi connectivity index (χ4n) is 2.56. The van der Waals surface area contributed by atoms with Gasteiger partial charge >= 0.3 is 0 Å². The van der Waals surface area contributed by atoms with Crippen LogP contribution in [0.25, 0.3) is 0 Å². The average Bonchev–Trinajstić information content (AvgIpc) is 2.41. The molecule has 1 aliphatic heterocycles. The largest absolute Gasteiger partial charge is 0.382 e. The first-order valence-electron chi connectivity index (χ1n) is 6.68. The number of nitro groups is 1. The summed E-state index contributed by atoms with van der Waals surface area (Å²) < 4.78 is 5.36. The molecule has 0 spiro atoms. The second kappa shape index (κ2) is 6.02. The van der Waals surface area contributed by atoms with Crippen LogP contribution in [0.4, 0.5) is 11.4 Å². The standard InChI is InChI=1S/C14H20N2O3/c1-10-13(4-3-5-14(10)16(17)18)15-11(2)12-6-8-19-9-7-12/h3-5,11-12,15H,6-9H2,1-2H3. The van der Waals surface area contributed by atoms with E-state index in [4.69, 9.17) is 4.74 Å². The minimum absolute atomic E-state index is 0.171. The summed E-state index contributed by atoms with van der Waals surface area (Å²) in [5, 5.41) is 14.3. The van der Waals surface area contributed by atoms with Gasteiger partial charge in [-0.1, -0.05) is 6.07 Å². The van der Waals surface area contributed by atoms with Gasteiger partial charge in [-0.05, 0) is 38.7 Å². The van der Waals surface area contributed by atoms with Crippen molar-refractivity contribution in [2.24, 2.45) is 5.92 Å². The van der Waals surface area contributed by atoms with E-state index in [0.29, 0.717) is 17.5 Å². The fourth-order valence-corrected chi connectivity index (χ4v) is 2.56. The van der Waals surface area contributed by atoms with Crippen molar-refractivity contribution in [1.29, 1.82) is 0 Å². The Morgan fingerprint density at radius 1 is 1.42 bits per heavy atom. The molecule has 1 fully saturated rings. The van der Waals surface area contributed by atoms with Gasteiger partial charge < -0.3 is 10.1 Å². The van der Waals surface area contributed by atoms with Crippen LogP contribution in [-0.2, 0) is 4.74 Å². The van der Waals surface area contributed by atoms with E-state index in [0.717, 1.165) is 31.7 Å². The van der Waals surface area contributed by atoms with Crippen LogP contribution in [0.5, 0.6) is 0 Å². The summed E-state index contributed by atoms with van der Waals surface area (Å²) in [5.74, 6) is 0.562. The minimum Gasteiger partial charge on any atom is -0.382 e. The third-order valence-electron chi connectivity index (χ3n) is 3.86. The topological polar surface area (TPSA) is 64.4 Å². The third-order valence-corrected chi connectivity index (χ3v) is 3.86. The van der Waals surface area contributed by atoms with Crippen molar-refractivity contribution in [2.75, 3.05) is 18.5 Å². The van der Waals surface area contributed by atoms with Gasteiger partial charge in [0.05, 0.1) is 4.92 Å². The van der Waals surface area contributed by atoms with Gasteiger partial charge in [-0.15, -0.1) is 0 Å². The molecule has 0 saturated carbocycles. The molecule has 0 radical (unpaired) electrons. The Bertz CT molecular complexity index is 456. The van der Waals surface area contributed by atoms with Crippen molar-refractivity contribution in [1.82, 2.24) is 0 Å². The van der Waals surface area contributed by atoms with E-state index in [9.17, 15) is 10.1 Å². The highest BCUT2D eigenvalue weighted by atomic mass is 16.6. The lowest BCUT2D eigenvalue weighted by Crippen LogP contribution is -2.31. The van der Waals surface area contributed by atoms with Crippen LogP contribution in [0.15, 0.2) is 18.2 Å². The number of nitrogens with one attached hydrogen (secondary N) is 1. The van der Waals surface area contributed by atoms with Gasteiger partial charge in [-0.25, -0.2) is 0 Å². The van der Waals surface area contributed by atoms with Crippen LogP contribution in [0, 0.1) is 23.0 Å². The second-order valence-electron chi connectivity index (χ2n) is 5.09. The molecule has 104 valence electrons. The zero-order chi connectivity index (χ0) is 13.8. The quantitative estimate of drug-likeness (QED) is 0.670. The number of ether oxygens (including phenoxy) is 1. The van der Waals surface area contributed by atoms with Gasteiger partial charge in [-0.2, -0.15) is 0 Å². The zero-order valence-electron chi connectivity index (χ0n) is 11.4. The molecule has 0 aliphatic carbocycles. The van der Waals surface area contributed by atoms with E-state index in [1.165, 1.54) is 0 Å². The molecule has 5 nitrogen and oxygen atoms in total. The Kier molecular flexibility index (Phi) is 4.37. The summed E-state index contributed by atoms with van der Waals surface area (Å²) in [6.07, 6.45) is 2.09. The highest BCUT2D eigenvalue weighted by Crippen LogP contribution is 2.28. The Morgan fingerprint density at radius 3 is 2.74 bits per heavy atom. The maximum Gasteiger partial charge on any atom is 0.274 e. The summed E-state index contributed by atoms with van der Waals surface area (Å²) in [7, 11) is 0. The van der Waals surface area contributed by atoms with Crippen LogP contribution >= 0.6 is 0 Å². The molecule has 1 aliphatic rings. The Morgan fingerprint density at radius 2 is 2.11 bits per heavy atom. The fraction of sp³-hybridized carbons (Fsp3) is 0.571. The van der Waals surface area contributed by atoms with E-state index in [2.05, 4.69) is 12.2 Å². The lowest BCUT2D eigenvalue weighted by Gasteiger charge is -2.29. The Hall–Kier alpha value is -1.62. The summed E-state index contributed by atoms with van der Waals surface area (Å²) >= 11 is 0. The van der Waals surface area contributed by atoms with Gasteiger partial charge in [0.2, 0.25) is 0 Å². The molecule has 0 bridgehead atoms. The average molecular weight is 264 g/mol. The second-order valence-corrected chi connectivity index (χ2v) is 5.09. The van der Waals surface area contributed by atoms with Gasteiger partial charge in [-0.3, -0.25) is 10.1 Å². The van der Waals surface area contributed by atoms with Crippen LogP contribution in [0.3, 0.4) is 0 Å². The molecule has 1 saturated heterocycles. The van der Waals surface area contributed by atoms with Crippen LogP contribution in [0.2, 0.25) is 0 Å². The van der Waals surface area contributed by atoms with Crippen molar-refractivity contribution >= 4 is 11.4 Å². The normalized spacial score (nSPS) is 18.0. The third kappa shape index (κ3) is 3.23. The van der Waals surface area contributed by atoms with Crippen LogP contribution in [0.1, 0.15) is 25.3 Å². The van der Waals surface area contributed by atoms with E-state index >= 15 is 0 Å². The molecule has 1 heterocycles. The highest BCUT2D eigenvalue weighted by Gasteiger charge is 2.22. The molecule has 1 N–H and O–H groups in total. The van der Waals surface area contributed by atoms with E-state index in [1.807, 2.05) is 6.07 Å². The van der Waals surface area contributed by atoms with Crippen molar-refractivity contribution in [3.05, 3.63) is 33.9 Å². The lowest BCUT2D eigenvalue weighted by atomic mass is 9.92. The first-order valence-corrected chi connectivity index (χ1v) is 6.68. The molecule has 2 rings (SSSR count). The van der Waals surface area contributed by atoms with Gasteiger partial charge in [0.1, 0.15) is 0 Å². The molecule has 1 atom stereocenters. The van der Waals surface area contributed by atoms with Crippen molar-refractivity contribution < 1.29 is 9.66 Å². The van der Waals surface area contributed by atoms with Crippen molar-refractivity contribution in [3.63, 3.8) is 0 Å². The molecule has 1 aromatic rings. The molecule has 0 aromatic heterocycles. The number of hydrogen-bond acceptors (Lipinski definition) is 4. The number of nitrogens with zero attached hydrogens (tertiary/aromatic N) is 1. The SMILES string of the molecule is Cc1c(NC(C)C2CCOCC2)cccc1[N+](=O)[O-]. The molecule has 5 heteroatoms. The predicted molar refractivity (Wildman–Crippen MR) is 74.5 cm³/mol. The highest BCUT2D eigenvalue weighted by molar-refractivity contribution is 5.60. The number of rotatable bonds is 4. The van der Waals surface area contributed by atoms with Crippen LogP contribution < -0.4 is 5.32 Å². The lowest BCUT2D eigenvalue weighted by molar-refractivity contribution is -0.385. The molecule has 0 amide bonds. The van der Waals surface area contributed by atoms with Crippen molar-refractivity contribution in [2.45, 2.75) is 32.7 Å². The zero-order valence-corrected chi connectivity index (χ0v) is 11.4. The summed E-state index contributed by atoms with van der Waals surface area (Å²) in [4.78, 5) is 10.6. The number of hydrogen-bond donors (Lipinski definition) is 1. The summed E-state index contributed by atoms with van der Waals surface area (Å²) in [6, 6.07) is 5.46. The molecule has 1 aromatic carbocycles. The maximum atomic E-state index is 10.9. The van der Waals surface area contributed by atoms with E-state index in [1.54, 1.807) is 19.1 Å². The van der Waals surface area contributed by atoms with Crippen LogP contribution in [-0.4, -0.2) is 24.2 Å². The summed E-state index contributed by atoms with van der Waals surface area (Å²) in [6.45, 7) is 5.54. The number of benzene rings is 1. The van der Waals surface area contributed by atoms with Crippen molar-refractivity contribution in [3.8, 4) is 0 Å². The monoisotopic (exact) mass is 264 g/mol.